The number of rotatable bonds is 8. The van der Waals surface area contributed by atoms with E-state index in [0.717, 1.165) is 41.8 Å². The number of nitrogens with zero attached hydrogens (tertiary/aromatic N) is 3. The highest BCUT2D eigenvalue weighted by atomic mass is 32.2. The minimum absolute atomic E-state index is 0.394. The first-order valence-corrected chi connectivity index (χ1v) is 14.2. The monoisotopic (exact) mass is 493 g/mol. The number of benzene rings is 3. The summed E-state index contributed by atoms with van der Waals surface area (Å²) >= 11 is 0. The van der Waals surface area contributed by atoms with Crippen LogP contribution in [0.3, 0.4) is 0 Å². The van der Waals surface area contributed by atoms with Gasteiger partial charge in [0.15, 0.2) is 0 Å². The number of hydrogen-bond acceptors (Lipinski definition) is 5. The molecule has 7 heteroatoms. The second-order valence-electron chi connectivity index (χ2n) is 9.47. The molecule has 2 aliphatic rings. The predicted molar refractivity (Wildman–Crippen MR) is 142 cm³/mol. The number of sulfonamides is 1. The number of piperazine rings is 1. The van der Waals surface area contributed by atoms with Crippen molar-refractivity contribution in [1.82, 2.24) is 9.21 Å². The first-order chi connectivity index (χ1) is 17.1. The maximum atomic E-state index is 13.4. The van der Waals surface area contributed by atoms with Crippen LogP contribution in [0.5, 0.6) is 5.75 Å². The molecule has 2 fully saturated rings. The maximum Gasteiger partial charge on any atom is 0.243 e. The van der Waals surface area contributed by atoms with E-state index in [2.05, 4.69) is 21.9 Å². The van der Waals surface area contributed by atoms with Crippen LogP contribution in [0.4, 0.5) is 5.69 Å². The molecular weight excluding hydrogens is 458 g/mol. The number of fused-ring (bicyclic) bond motifs is 1. The van der Waals surface area contributed by atoms with Gasteiger partial charge in [-0.15, -0.1) is 0 Å². The van der Waals surface area contributed by atoms with Gasteiger partial charge in [-0.1, -0.05) is 42.8 Å². The molecule has 2 aliphatic heterocycles. The summed E-state index contributed by atoms with van der Waals surface area (Å²) in [6.07, 6.45) is 5.07. The number of anilines is 1. The molecule has 0 bridgehead atoms. The Kier molecular flexibility index (Phi) is 7.56. The smallest absolute Gasteiger partial charge is 0.243 e. The first kappa shape index (κ1) is 24.1. The molecule has 0 saturated carbocycles. The zero-order valence-corrected chi connectivity index (χ0v) is 21.1. The molecule has 0 radical (unpaired) electrons. The zero-order valence-electron chi connectivity index (χ0n) is 20.3. The van der Waals surface area contributed by atoms with Crippen LogP contribution >= 0.6 is 0 Å². The van der Waals surface area contributed by atoms with Crippen molar-refractivity contribution in [2.24, 2.45) is 0 Å². The number of hydrogen-bond donors (Lipinski definition) is 0. The van der Waals surface area contributed by atoms with Gasteiger partial charge in [0.25, 0.3) is 0 Å². The third-order valence-corrected chi connectivity index (χ3v) is 9.10. The van der Waals surface area contributed by atoms with Gasteiger partial charge >= 0.3 is 0 Å². The van der Waals surface area contributed by atoms with Crippen molar-refractivity contribution < 1.29 is 13.2 Å². The lowest BCUT2D eigenvalue weighted by atomic mass is 10.1. The van der Waals surface area contributed by atoms with E-state index in [1.54, 1.807) is 10.4 Å². The van der Waals surface area contributed by atoms with E-state index < -0.39 is 10.0 Å². The van der Waals surface area contributed by atoms with Gasteiger partial charge in [-0.2, -0.15) is 4.31 Å². The van der Waals surface area contributed by atoms with Gasteiger partial charge in [0.1, 0.15) is 5.75 Å². The first-order valence-electron chi connectivity index (χ1n) is 12.8. The van der Waals surface area contributed by atoms with Gasteiger partial charge in [0.05, 0.1) is 11.5 Å². The standard InChI is InChI=1S/C28H35N3O3S/c32-35(33,28-11-6-9-24-8-2-3-10-27(24)28)31-21-19-30(20-22-31)25-12-14-26(15-13-25)34-23-7-18-29-16-4-1-5-17-29/h2-3,6,8-15H,1,4-5,7,16-23H2. The molecule has 186 valence electrons. The summed E-state index contributed by atoms with van der Waals surface area (Å²) in [5.74, 6) is 0.893. The second kappa shape index (κ2) is 11.0. The highest BCUT2D eigenvalue weighted by Crippen LogP contribution is 2.28. The molecule has 0 spiro atoms. The minimum atomic E-state index is -3.54. The molecule has 2 heterocycles. The molecule has 0 aromatic heterocycles. The second-order valence-corrected chi connectivity index (χ2v) is 11.4. The van der Waals surface area contributed by atoms with Crippen LogP contribution in [-0.2, 0) is 10.0 Å². The molecule has 3 aromatic rings. The molecule has 6 nitrogen and oxygen atoms in total. The highest BCUT2D eigenvalue weighted by Gasteiger charge is 2.29. The highest BCUT2D eigenvalue weighted by molar-refractivity contribution is 7.89. The molecular formula is C28H35N3O3S. The topological polar surface area (TPSA) is 53.1 Å². The fraction of sp³-hybridized carbons (Fsp3) is 0.429. The summed E-state index contributed by atoms with van der Waals surface area (Å²) < 4.78 is 34.4. The molecule has 5 rings (SSSR count). The average molecular weight is 494 g/mol. The Labute approximate surface area is 209 Å². The Bertz CT molecular complexity index is 1210. The third-order valence-electron chi connectivity index (χ3n) is 7.14. The third kappa shape index (κ3) is 5.63. The summed E-state index contributed by atoms with van der Waals surface area (Å²) in [7, 11) is -3.54. The van der Waals surface area contributed by atoms with Gasteiger partial charge in [0.2, 0.25) is 10.0 Å². The Morgan fingerprint density at radius 2 is 1.46 bits per heavy atom. The molecule has 35 heavy (non-hydrogen) atoms. The largest absolute Gasteiger partial charge is 0.494 e. The summed E-state index contributed by atoms with van der Waals surface area (Å²) in [5, 5.41) is 1.73. The van der Waals surface area contributed by atoms with E-state index >= 15 is 0 Å². The average Bonchev–Trinajstić information content (AvgIpc) is 2.92. The van der Waals surface area contributed by atoms with Gasteiger partial charge in [-0.05, 0) is 68.1 Å². The quantitative estimate of drug-likeness (QED) is 0.429. The van der Waals surface area contributed by atoms with Crippen molar-refractivity contribution in [1.29, 1.82) is 0 Å². The lowest BCUT2D eigenvalue weighted by molar-refractivity contribution is 0.205. The summed E-state index contributed by atoms with van der Waals surface area (Å²) in [6, 6.07) is 21.4. The van der Waals surface area contributed by atoms with Gasteiger partial charge in [0, 0.05) is 43.8 Å². The number of likely N-dealkylation sites (tertiary alicyclic amines) is 1. The van der Waals surface area contributed by atoms with Crippen molar-refractivity contribution in [3.05, 3.63) is 66.7 Å². The molecule has 0 N–H and O–H groups in total. The Balaban J connectivity index is 1.14. The lowest BCUT2D eigenvalue weighted by Crippen LogP contribution is -2.48. The molecule has 0 amide bonds. The number of piperidine rings is 1. The SMILES string of the molecule is O=S(=O)(c1cccc2ccccc12)N1CCN(c2ccc(OCCCN3CCCCC3)cc2)CC1. The van der Waals surface area contributed by atoms with E-state index in [0.29, 0.717) is 31.1 Å². The zero-order chi connectivity index (χ0) is 24.1. The normalized spacial score (nSPS) is 18.1. The van der Waals surface area contributed by atoms with Crippen molar-refractivity contribution in [3.63, 3.8) is 0 Å². The van der Waals surface area contributed by atoms with E-state index in [1.165, 1.54) is 32.4 Å². The van der Waals surface area contributed by atoms with Crippen molar-refractivity contribution in [2.45, 2.75) is 30.6 Å². The van der Waals surface area contributed by atoms with E-state index in [4.69, 9.17) is 4.74 Å². The van der Waals surface area contributed by atoms with E-state index in [-0.39, 0.29) is 0 Å². The summed E-state index contributed by atoms with van der Waals surface area (Å²) in [6.45, 7) is 6.58. The van der Waals surface area contributed by atoms with Crippen LogP contribution in [0.15, 0.2) is 71.6 Å². The van der Waals surface area contributed by atoms with E-state index in [1.807, 2.05) is 48.5 Å². The van der Waals surface area contributed by atoms with Crippen LogP contribution in [0.25, 0.3) is 10.8 Å². The van der Waals surface area contributed by atoms with Crippen LogP contribution in [0.1, 0.15) is 25.7 Å². The lowest BCUT2D eigenvalue weighted by Gasteiger charge is -2.35. The summed E-state index contributed by atoms with van der Waals surface area (Å²) in [4.78, 5) is 5.18. The Hall–Kier alpha value is -2.61. The predicted octanol–water partition coefficient (Wildman–Crippen LogP) is 4.61. The van der Waals surface area contributed by atoms with Crippen LogP contribution < -0.4 is 9.64 Å². The van der Waals surface area contributed by atoms with Gasteiger partial charge in [-0.3, -0.25) is 0 Å². The Morgan fingerprint density at radius 3 is 2.23 bits per heavy atom. The molecule has 0 aliphatic carbocycles. The number of ether oxygens (including phenoxy) is 1. The van der Waals surface area contributed by atoms with Crippen LogP contribution in [0, 0.1) is 0 Å². The van der Waals surface area contributed by atoms with Crippen molar-refractivity contribution in [2.75, 3.05) is 57.3 Å². The van der Waals surface area contributed by atoms with E-state index in [9.17, 15) is 8.42 Å². The van der Waals surface area contributed by atoms with Gasteiger partial charge < -0.3 is 14.5 Å². The molecule has 2 saturated heterocycles. The van der Waals surface area contributed by atoms with Crippen molar-refractivity contribution >= 4 is 26.5 Å². The van der Waals surface area contributed by atoms with Crippen LogP contribution in [0.2, 0.25) is 0 Å². The molecule has 0 unspecified atom stereocenters. The molecule has 0 atom stereocenters. The minimum Gasteiger partial charge on any atom is -0.494 e. The van der Waals surface area contributed by atoms with Crippen LogP contribution in [-0.4, -0.2) is 70.0 Å². The van der Waals surface area contributed by atoms with Gasteiger partial charge in [-0.25, -0.2) is 8.42 Å². The van der Waals surface area contributed by atoms with Crippen molar-refractivity contribution in [3.8, 4) is 5.75 Å². The maximum absolute atomic E-state index is 13.4. The molecule has 3 aromatic carbocycles. The Morgan fingerprint density at radius 1 is 0.743 bits per heavy atom. The fourth-order valence-electron chi connectivity index (χ4n) is 5.16. The fourth-order valence-corrected chi connectivity index (χ4v) is 6.80. The summed E-state index contributed by atoms with van der Waals surface area (Å²) in [5.41, 5.74) is 1.10.